The zero-order valence-corrected chi connectivity index (χ0v) is 9.91. The summed E-state index contributed by atoms with van der Waals surface area (Å²) in [4.78, 5) is 62.6. The first-order chi connectivity index (χ1) is 8.70. The Morgan fingerprint density at radius 2 is 0.850 bits per heavy atom. The number of aromatic hydroxyl groups is 2. The normalized spacial score (nSPS) is 12.5. The molecule has 1 aliphatic carbocycles. The second-order valence-electron chi connectivity index (χ2n) is 2.85. The fraction of sp³-hybridized carbons (Fsp3) is 0.111. The molecule has 1 aliphatic rings. The molecule has 0 heterocycles. The predicted molar refractivity (Wildman–Crippen MR) is 59.4 cm³/mol. The van der Waals surface area contributed by atoms with Gasteiger partial charge in [0.25, 0.3) is 34.0 Å². The van der Waals surface area contributed by atoms with Gasteiger partial charge in [-0.1, -0.05) is 0 Å². The Bertz CT molecular complexity index is 527. The summed E-state index contributed by atoms with van der Waals surface area (Å²) in [7, 11) is 1.18. The van der Waals surface area contributed by atoms with Gasteiger partial charge in [0.05, 0.1) is 7.11 Å². The van der Waals surface area contributed by atoms with Crippen molar-refractivity contribution in [3.8, 4) is 11.5 Å². The molecule has 1 saturated carbocycles. The minimum atomic E-state index is -1.19. The first-order valence-corrected chi connectivity index (χ1v) is 4.26. The first kappa shape index (κ1) is 19.6. The maximum absolute atomic E-state index is 9.95. The van der Waals surface area contributed by atoms with Crippen LogP contribution in [0.5, 0.6) is 11.5 Å². The smallest absolute Gasteiger partial charge is 0.281 e. The Hall–Kier alpha value is -2.76. The highest BCUT2D eigenvalue weighted by Crippen LogP contribution is 2.13. The van der Waals surface area contributed by atoms with E-state index in [4.69, 9.17) is 15.5 Å². The summed E-state index contributed by atoms with van der Waals surface area (Å²) in [6.07, 6.45) is 0. The number of carbonyl (C=O) groups excluding carboxylic acids is 4. The average molecular weight is 291 g/mol. The van der Waals surface area contributed by atoms with Crippen molar-refractivity contribution in [3.63, 3.8) is 0 Å². The number of ketones is 4. The van der Waals surface area contributed by atoms with Crippen LogP contribution in [0.2, 0.25) is 0 Å². The molecule has 0 spiro atoms. The number of hydrogen-bond donors (Lipinski definition) is 4. The first-order valence-electron chi connectivity index (χ1n) is 4.26. The summed E-state index contributed by atoms with van der Waals surface area (Å²) in [6, 6.07) is 0. The SMILES string of the molecule is COO.N.O=C1C(=O)C(=O)C1=O.O=c1c(O)c(O)c1=O. The lowest BCUT2D eigenvalue weighted by Crippen LogP contribution is -2.49. The van der Waals surface area contributed by atoms with Crippen molar-refractivity contribution in [1.29, 1.82) is 0 Å². The van der Waals surface area contributed by atoms with Crippen LogP contribution >= 0.6 is 0 Å². The Morgan fingerprint density at radius 3 is 0.950 bits per heavy atom. The molecule has 20 heavy (non-hydrogen) atoms. The molecule has 0 aliphatic heterocycles. The molecular formula is C9H9NO10. The molecule has 0 bridgehead atoms. The van der Waals surface area contributed by atoms with Crippen molar-refractivity contribution in [2.45, 2.75) is 0 Å². The van der Waals surface area contributed by atoms with Gasteiger partial charge < -0.3 is 16.4 Å². The maximum atomic E-state index is 9.95. The Morgan fingerprint density at radius 1 is 0.700 bits per heavy atom. The molecule has 1 aromatic rings. The van der Waals surface area contributed by atoms with Crippen LogP contribution in [0.1, 0.15) is 0 Å². The minimum Gasteiger partial charge on any atom is -0.501 e. The molecule has 1 aromatic carbocycles. The molecule has 1 fully saturated rings. The fourth-order valence-corrected chi connectivity index (χ4v) is 0.718. The second-order valence-corrected chi connectivity index (χ2v) is 2.85. The second kappa shape index (κ2) is 7.63. The van der Waals surface area contributed by atoms with Gasteiger partial charge in [0.2, 0.25) is 11.5 Å². The summed E-state index contributed by atoms with van der Waals surface area (Å²) >= 11 is 0. The van der Waals surface area contributed by atoms with E-state index in [0.717, 1.165) is 0 Å². The van der Waals surface area contributed by atoms with Crippen LogP contribution in [0.4, 0.5) is 0 Å². The van der Waals surface area contributed by atoms with Crippen molar-refractivity contribution in [3.05, 3.63) is 20.4 Å². The quantitative estimate of drug-likeness (QED) is 0.218. The van der Waals surface area contributed by atoms with E-state index in [0.29, 0.717) is 0 Å². The third-order valence-corrected chi connectivity index (χ3v) is 1.69. The van der Waals surface area contributed by atoms with Gasteiger partial charge in [-0.15, -0.1) is 0 Å². The maximum Gasteiger partial charge on any atom is 0.281 e. The summed E-state index contributed by atoms with van der Waals surface area (Å²) in [6.45, 7) is 0. The molecule has 110 valence electrons. The monoisotopic (exact) mass is 291 g/mol. The summed E-state index contributed by atoms with van der Waals surface area (Å²) < 4.78 is 0. The van der Waals surface area contributed by atoms with Crippen LogP contribution in [0.15, 0.2) is 9.59 Å². The van der Waals surface area contributed by atoms with Crippen LogP contribution < -0.4 is 17.0 Å². The van der Waals surface area contributed by atoms with E-state index in [2.05, 4.69) is 4.89 Å². The molecule has 0 unspecified atom stereocenters. The third-order valence-electron chi connectivity index (χ3n) is 1.69. The van der Waals surface area contributed by atoms with E-state index < -0.39 is 45.5 Å². The van der Waals surface area contributed by atoms with E-state index >= 15 is 0 Å². The Kier molecular flexibility index (Phi) is 7.46. The van der Waals surface area contributed by atoms with Gasteiger partial charge >= 0.3 is 0 Å². The van der Waals surface area contributed by atoms with Crippen LogP contribution in [0, 0.1) is 0 Å². The number of Topliss-reactive ketones (excluding diaryl/α,β-unsaturated/α-hetero) is 4. The molecule has 0 aromatic heterocycles. The van der Waals surface area contributed by atoms with Crippen LogP contribution in [0.25, 0.3) is 0 Å². The number of carbonyl (C=O) groups is 4. The zero-order chi connectivity index (χ0) is 15.3. The summed E-state index contributed by atoms with van der Waals surface area (Å²) in [5.74, 6) is -6.39. The van der Waals surface area contributed by atoms with E-state index in [1.807, 2.05) is 0 Å². The van der Waals surface area contributed by atoms with E-state index in [1.165, 1.54) is 7.11 Å². The lowest BCUT2D eigenvalue weighted by atomic mass is 9.93. The topological polar surface area (TPSA) is 207 Å². The van der Waals surface area contributed by atoms with Gasteiger partial charge in [-0.3, -0.25) is 34.0 Å². The largest absolute Gasteiger partial charge is 0.501 e. The molecule has 0 amide bonds. The van der Waals surface area contributed by atoms with Gasteiger partial charge in [0.15, 0.2) is 0 Å². The van der Waals surface area contributed by atoms with Crippen molar-refractivity contribution in [1.82, 2.24) is 6.15 Å². The lowest BCUT2D eigenvalue weighted by molar-refractivity contribution is -0.214. The van der Waals surface area contributed by atoms with Crippen LogP contribution in [0.3, 0.4) is 0 Å². The standard InChI is InChI=1S/C4H2O4.C4O4.CH4O2.H3N/c2*5-1-2(6)4(8)3(1)7;1-3-2;/h5-6H;;2H,1H3;1H3. The summed E-state index contributed by atoms with van der Waals surface area (Å²) in [5, 5.41) is 23.5. The van der Waals surface area contributed by atoms with Gasteiger partial charge in [-0.05, 0) is 0 Å². The van der Waals surface area contributed by atoms with Gasteiger partial charge in [-0.2, -0.15) is 0 Å². The molecule has 11 nitrogen and oxygen atoms in total. The van der Waals surface area contributed by atoms with Crippen LogP contribution in [-0.2, 0) is 24.1 Å². The van der Waals surface area contributed by atoms with Gasteiger partial charge in [-0.25, -0.2) is 4.89 Å². The van der Waals surface area contributed by atoms with Crippen molar-refractivity contribution in [2.24, 2.45) is 0 Å². The molecule has 0 atom stereocenters. The molecule has 0 radical (unpaired) electrons. The molecule has 2 rings (SSSR count). The van der Waals surface area contributed by atoms with Gasteiger partial charge in [0, 0.05) is 0 Å². The van der Waals surface area contributed by atoms with E-state index in [-0.39, 0.29) is 6.15 Å². The zero-order valence-electron chi connectivity index (χ0n) is 9.91. The summed E-state index contributed by atoms with van der Waals surface area (Å²) in [5.41, 5.74) is -2.02. The predicted octanol–water partition coefficient (Wildman–Crippen LogP) is -2.76. The Labute approximate surface area is 109 Å². The Balaban J connectivity index is 0. The molecule has 11 heteroatoms. The molecule has 6 N–H and O–H groups in total. The minimum absolute atomic E-state index is 0. The highest BCUT2D eigenvalue weighted by atomic mass is 17.1. The number of hydrogen-bond acceptors (Lipinski definition) is 11. The molecule has 0 saturated heterocycles. The fourth-order valence-electron chi connectivity index (χ4n) is 0.718. The highest BCUT2D eigenvalue weighted by molar-refractivity contribution is 7.08. The van der Waals surface area contributed by atoms with Crippen molar-refractivity contribution < 1.29 is 39.5 Å². The lowest BCUT2D eigenvalue weighted by Gasteiger charge is -2.01. The van der Waals surface area contributed by atoms with Gasteiger partial charge in [0.1, 0.15) is 0 Å². The van der Waals surface area contributed by atoms with E-state index in [1.54, 1.807) is 0 Å². The average Bonchev–Trinajstić information content (AvgIpc) is 2.44. The molecular weight excluding hydrogens is 282 g/mol. The van der Waals surface area contributed by atoms with E-state index in [9.17, 15) is 28.8 Å². The van der Waals surface area contributed by atoms with Crippen molar-refractivity contribution in [2.75, 3.05) is 7.11 Å². The van der Waals surface area contributed by atoms with Crippen molar-refractivity contribution >= 4 is 23.1 Å². The van der Waals surface area contributed by atoms with Crippen LogP contribution in [-0.4, -0.2) is 45.7 Å². The highest BCUT2D eigenvalue weighted by Gasteiger charge is 2.47. The third kappa shape index (κ3) is 3.61. The number of rotatable bonds is 0.